The first kappa shape index (κ1) is 19.4. The lowest BCUT2D eigenvalue weighted by molar-refractivity contribution is -0.114. The lowest BCUT2D eigenvalue weighted by Gasteiger charge is -2.12. The van der Waals surface area contributed by atoms with Gasteiger partial charge in [0, 0.05) is 16.6 Å². The zero-order valence-electron chi connectivity index (χ0n) is 15.9. The number of thiazole rings is 1. The molecule has 2 aromatic heterocycles. The average Bonchev–Trinajstić information content (AvgIpc) is 3.36. The van der Waals surface area contributed by atoms with Crippen LogP contribution in [-0.2, 0) is 4.79 Å². The summed E-state index contributed by atoms with van der Waals surface area (Å²) in [7, 11) is 0. The Morgan fingerprint density at radius 2 is 2.10 bits per heavy atom. The van der Waals surface area contributed by atoms with Gasteiger partial charge in [0.2, 0.25) is 5.91 Å². The zero-order chi connectivity index (χ0) is 20.4. The molecule has 2 aromatic carbocycles. The van der Waals surface area contributed by atoms with Crippen molar-refractivity contribution in [3.05, 3.63) is 59.1 Å². The predicted molar refractivity (Wildman–Crippen MR) is 117 cm³/mol. The molecule has 0 aliphatic heterocycles. The van der Waals surface area contributed by atoms with Gasteiger partial charge in [-0.25, -0.2) is 14.6 Å². The van der Waals surface area contributed by atoms with E-state index in [4.69, 9.17) is 11.6 Å². The van der Waals surface area contributed by atoms with Gasteiger partial charge in [0.1, 0.15) is 12.7 Å². The molecule has 0 saturated carbocycles. The Hall–Kier alpha value is -2.97. The Bertz CT molecular complexity index is 1160. The van der Waals surface area contributed by atoms with Crippen LogP contribution in [0.1, 0.15) is 24.8 Å². The van der Waals surface area contributed by atoms with E-state index in [9.17, 15) is 4.79 Å². The van der Waals surface area contributed by atoms with Crippen LogP contribution in [0.25, 0.3) is 15.9 Å². The lowest BCUT2D eigenvalue weighted by atomic mass is 10.2. The van der Waals surface area contributed by atoms with Gasteiger partial charge < -0.3 is 10.6 Å². The maximum absolute atomic E-state index is 12.5. The number of hydrogen-bond acceptors (Lipinski definition) is 6. The second-order valence-electron chi connectivity index (χ2n) is 6.79. The summed E-state index contributed by atoms with van der Waals surface area (Å²) in [5.41, 5.74) is 3.10. The highest BCUT2D eigenvalue weighted by Gasteiger charge is 2.11. The van der Waals surface area contributed by atoms with E-state index in [-0.39, 0.29) is 12.5 Å². The molecule has 7 nitrogen and oxygen atoms in total. The molecule has 9 heteroatoms. The van der Waals surface area contributed by atoms with Crippen LogP contribution in [0.5, 0.6) is 0 Å². The van der Waals surface area contributed by atoms with Crippen molar-refractivity contribution in [3.63, 3.8) is 0 Å². The molecule has 0 aliphatic carbocycles. The van der Waals surface area contributed by atoms with Crippen LogP contribution in [0.15, 0.2) is 49.1 Å². The number of nitrogens with one attached hydrogen (secondary N) is 2. The monoisotopic (exact) mass is 426 g/mol. The Kier molecular flexibility index (Phi) is 5.46. The quantitative estimate of drug-likeness (QED) is 0.466. The topological polar surface area (TPSA) is 84.7 Å². The third-order valence-corrected chi connectivity index (χ3v) is 5.80. The van der Waals surface area contributed by atoms with Crippen molar-refractivity contribution in [1.29, 1.82) is 0 Å². The molecule has 0 aliphatic rings. The van der Waals surface area contributed by atoms with Crippen molar-refractivity contribution >= 4 is 50.4 Å². The smallest absolute Gasteiger partial charge is 0.243 e. The number of aromatic nitrogens is 4. The summed E-state index contributed by atoms with van der Waals surface area (Å²) in [6.07, 6.45) is 2.99. The SMILES string of the molecule is CC(C)c1nc2ccc(NCC(=O)Nc3cc(Cl)ccc3-n3cncn3)cc2s1. The molecule has 0 fully saturated rings. The van der Waals surface area contributed by atoms with Crippen molar-refractivity contribution in [2.45, 2.75) is 19.8 Å². The minimum Gasteiger partial charge on any atom is -0.376 e. The molecule has 4 rings (SSSR count). The minimum absolute atomic E-state index is 0.116. The van der Waals surface area contributed by atoms with Gasteiger partial charge in [-0.15, -0.1) is 11.3 Å². The van der Waals surface area contributed by atoms with Crippen LogP contribution in [0.4, 0.5) is 11.4 Å². The molecular weight excluding hydrogens is 408 g/mol. The normalized spacial score (nSPS) is 11.2. The molecule has 2 N–H and O–H groups in total. The van der Waals surface area contributed by atoms with Crippen molar-refractivity contribution in [2.75, 3.05) is 17.2 Å². The molecule has 0 saturated heterocycles. The predicted octanol–water partition coefficient (Wildman–Crippen LogP) is 4.70. The van der Waals surface area contributed by atoms with E-state index >= 15 is 0 Å². The van der Waals surface area contributed by atoms with E-state index in [0.717, 1.165) is 20.9 Å². The summed E-state index contributed by atoms with van der Waals surface area (Å²) in [6, 6.07) is 11.1. The van der Waals surface area contributed by atoms with Crippen LogP contribution in [0.2, 0.25) is 5.02 Å². The first-order chi connectivity index (χ1) is 14.0. The molecule has 0 radical (unpaired) electrons. The molecule has 0 spiro atoms. The van der Waals surface area contributed by atoms with Gasteiger partial charge in [0.25, 0.3) is 0 Å². The van der Waals surface area contributed by atoms with E-state index in [1.165, 1.54) is 6.33 Å². The molecule has 0 atom stereocenters. The summed E-state index contributed by atoms with van der Waals surface area (Å²) in [4.78, 5) is 21.1. The summed E-state index contributed by atoms with van der Waals surface area (Å²) in [5, 5.41) is 11.8. The van der Waals surface area contributed by atoms with Crippen molar-refractivity contribution in [2.24, 2.45) is 0 Å². The van der Waals surface area contributed by atoms with E-state index in [1.807, 2.05) is 18.2 Å². The van der Waals surface area contributed by atoms with Crippen molar-refractivity contribution in [1.82, 2.24) is 19.7 Å². The van der Waals surface area contributed by atoms with Gasteiger partial charge in [0.05, 0.1) is 33.1 Å². The van der Waals surface area contributed by atoms with E-state index in [2.05, 4.69) is 39.5 Å². The van der Waals surface area contributed by atoms with Crippen LogP contribution in [-0.4, -0.2) is 32.2 Å². The van der Waals surface area contributed by atoms with Gasteiger partial charge in [-0.3, -0.25) is 4.79 Å². The molecule has 0 bridgehead atoms. The highest BCUT2D eigenvalue weighted by molar-refractivity contribution is 7.18. The first-order valence-corrected chi connectivity index (χ1v) is 10.3. The maximum Gasteiger partial charge on any atom is 0.243 e. The van der Waals surface area contributed by atoms with Crippen LogP contribution in [0.3, 0.4) is 0 Å². The van der Waals surface area contributed by atoms with Crippen molar-refractivity contribution in [3.8, 4) is 5.69 Å². The molecule has 148 valence electrons. The number of amides is 1. The fourth-order valence-corrected chi connectivity index (χ4v) is 4.00. The number of anilines is 2. The molecule has 0 unspecified atom stereocenters. The number of fused-ring (bicyclic) bond motifs is 1. The molecule has 29 heavy (non-hydrogen) atoms. The zero-order valence-corrected chi connectivity index (χ0v) is 17.5. The number of carbonyl (C=O) groups is 1. The van der Waals surface area contributed by atoms with Gasteiger partial charge in [0.15, 0.2) is 0 Å². The first-order valence-electron chi connectivity index (χ1n) is 9.08. The summed E-state index contributed by atoms with van der Waals surface area (Å²) in [6.45, 7) is 4.37. The number of halogens is 1. The minimum atomic E-state index is -0.194. The highest BCUT2D eigenvalue weighted by Crippen LogP contribution is 2.29. The van der Waals surface area contributed by atoms with Crippen LogP contribution < -0.4 is 10.6 Å². The van der Waals surface area contributed by atoms with Crippen LogP contribution >= 0.6 is 22.9 Å². The fraction of sp³-hybridized carbons (Fsp3) is 0.200. The summed E-state index contributed by atoms with van der Waals surface area (Å²) >= 11 is 7.77. The number of nitrogens with zero attached hydrogens (tertiary/aromatic N) is 4. The largest absolute Gasteiger partial charge is 0.376 e. The number of benzene rings is 2. The summed E-state index contributed by atoms with van der Waals surface area (Å²) < 4.78 is 2.67. The maximum atomic E-state index is 12.5. The van der Waals surface area contributed by atoms with Gasteiger partial charge in [-0.1, -0.05) is 25.4 Å². The second kappa shape index (κ2) is 8.18. The molecule has 4 aromatic rings. The lowest BCUT2D eigenvalue weighted by Crippen LogP contribution is -2.22. The van der Waals surface area contributed by atoms with Gasteiger partial charge in [-0.05, 0) is 36.4 Å². The van der Waals surface area contributed by atoms with E-state index < -0.39 is 0 Å². The number of hydrogen-bond donors (Lipinski definition) is 2. The van der Waals surface area contributed by atoms with Crippen molar-refractivity contribution < 1.29 is 4.79 Å². The Balaban J connectivity index is 1.46. The summed E-state index contributed by atoms with van der Waals surface area (Å²) in [5.74, 6) is 0.201. The molecular formula is C20H19ClN6OS. The number of rotatable bonds is 6. The molecule has 1 amide bonds. The third-order valence-electron chi connectivity index (χ3n) is 4.25. The van der Waals surface area contributed by atoms with Gasteiger partial charge >= 0.3 is 0 Å². The van der Waals surface area contributed by atoms with E-state index in [0.29, 0.717) is 22.3 Å². The second-order valence-corrected chi connectivity index (χ2v) is 8.29. The van der Waals surface area contributed by atoms with Crippen LogP contribution in [0, 0.1) is 0 Å². The Morgan fingerprint density at radius 1 is 1.24 bits per heavy atom. The molecule has 2 heterocycles. The standard InChI is InChI=1S/C20H19ClN6OS/c1-12(2)20-26-15-5-4-14(8-18(15)29-20)23-9-19(28)25-16-7-13(21)3-6-17(16)27-11-22-10-24-27/h3-8,10-12,23H,9H2,1-2H3,(H,25,28). The van der Waals surface area contributed by atoms with Gasteiger partial charge in [-0.2, -0.15) is 5.10 Å². The van der Waals surface area contributed by atoms with E-state index in [1.54, 1.807) is 40.5 Å². The average molecular weight is 427 g/mol. The Morgan fingerprint density at radius 3 is 2.86 bits per heavy atom. The highest BCUT2D eigenvalue weighted by atomic mass is 35.5. The fourth-order valence-electron chi connectivity index (χ4n) is 2.82. The third kappa shape index (κ3) is 4.38. The Labute approximate surface area is 176 Å². The number of carbonyl (C=O) groups excluding carboxylic acids is 1.